The first-order valence-corrected chi connectivity index (χ1v) is 9.53. The Labute approximate surface area is 160 Å². The van der Waals surface area contributed by atoms with Crippen molar-refractivity contribution in [3.8, 4) is 5.75 Å². The van der Waals surface area contributed by atoms with Crippen LogP contribution >= 0.6 is 11.6 Å². The van der Waals surface area contributed by atoms with E-state index in [0.29, 0.717) is 6.61 Å². The number of hydrogen-bond acceptors (Lipinski definition) is 3. The van der Waals surface area contributed by atoms with Crippen LogP contribution in [0, 0.1) is 5.92 Å². The summed E-state index contributed by atoms with van der Waals surface area (Å²) in [4.78, 5) is 15.0. The zero-order valence-corrected chi connectivity index (χ0v) is 15.8. The average Bonchev–Trinajstić information content (AvgIpc) is 2.66. The lowest BCUT2D eigenvalue weighted by molar-refractivity contribution is -0.121. The molecular weight excluding hydrogens is 348 g/mol. The van der Waals surface area contributed by atoms with E-state index >= 15 is 0 Å². The molecule has 26 heavy (non-hydrogen) atoms. The van der Waals surface area contributed by atoms with Gasteiger partial charge >= 0.3 is 0 Å². The van der Waals surface area contributed by atoms with Crippen molar-refractivity contribution in [3.63, 3.8) is 0 Å². The van der Waals surface area contributed by atoms with Crippen molar-refractivity contribution in [3.05, 3.63) is 59.1 Å². The number of halogens is 1. The van der Waals surface area contributed by atoms with E-state index in [1.54, 1.807) is 0 Å². The summed E-state index contributed by atoms with van der Waals surface area (Å²) in [5.41, 5.74) is 1.92. The predicted octanol–water partition coefficient (Wildman–Crippen LogP) is 4.59. The van der Waals surface area contributed by atoms with Gasteiger partial charge in [0, 0.05) is 23.8 Å². The molecule has 1 saturated heterocycles. The number of amides is 1. The van der Waals surface area contributed by atoms with E-state index in [9.17, 15) is 4.79 Å². The first-order valence-electron chi connectivity index (χ1n) is 9.15. The average molecular weight is 373 g/mol. The Morgan fingerprint density at radius 2 is 2.00 bits per heavy atom. The standard InChI is InChI=1S/C21H25ClN2O2/c1-2-26-19-11-9-18(10-12-19)23-21(25)17-7-5-13-24(15-17)14-16-6-3-4-8-20(16)22/h3-4,6,8-12,17H,2,5,7,13-15H2,1H3,(H,23,25)/t17-/m0/s1. The third-order valence-electron chi connectivity index (χ3n) is 4.66. The van der Waals surface area contributed by atoms with Crippen molar-refractivity contribution in [1.29, 1.82) is 0 Å². The summed E-state index contributed by atoms with van der Waals surface area (Å²) in [6.45, 7) is 5.13. The van der Waals surface area contributed by atoms with Gasteiger partial charge in [-0.15, -0.1) is 0 Å². The van der Waals surface area contributed by atoms with Crippen molar-refractivity contribution in [2.45, 2.75) is 26.3 Å². The predicted molar refractivity (Wildman–Crippen MR) is 106 cm³/mol. The smallest absolute Gasteiger partial charge is 0.228 e. The number of piperidine rings is 1. The van der Waals surface area contributed by atoms with E-state index in [2.05, 4.69) is 10.2 Å². The molecule has 5 heteroatoms. The van der Waals surface area contributed by atoms with Crippen molar-refractivity contribution in [2.75, 3.05) is 25.0 Å². The number of likely N-dealkylation sites (tertiary alicyclic amines) is 1. The van der Waals surface area contributed by atoms with Crippen molar-refractivity contribution >= 4 is 23.2 Å². The highest BCUT2D eigenvalue weighted by Gasteiger charge is 2.26. The fraction of sp³-hybridized carbons (Fsp3) is 0.381. The van der Waals surface area contributed by atoms with Gasteiger partial charge in [-0.05, 0) is 62.2 Å². The summed E-state index contributed by atoms with van der Waals surface area (Å²) >= 11 is 6.27. The third kappa shape index (κ3) is 4.99. The van der Waals surface area contributed by atoms with Crippen LogP contribution in [0.4, 0.5) is 5.69 Å². The van der Waals surface area contributed by atoms with Gasteiger partial charge in [-0.25, -0.2) is 0 Å². The number of ether oxygens (including phenoxy) is 1. The van der Waals surface area contributed by atoms with Crippen molar-refractivity contribution in [2.24, 2.45) is 5.92 Å². The lowest BCUT2D eigenvalue weighted by atomic mass is 9.96. The van der Waals surface area contributed by atoms with E-state index in [-0.39, 0.29) is 11.8 Å². The molecule has 1 aliphatic rings. The molecule has 0 aliphatic carbocycles. The minimum atomic E-state index is -0.00203. The molecule has 0 unspecified atom stereocenters. The molecule has 4 nitrogen and oxygen atoms in total. The van der Waals surface area contributed by atoms with Crippen LogP contribution in [0.15, 0.2) is 48.5 Å². The largest absolute Gasteiger partial charge is 0.494 e. The highest BCUT2D eigenvalue weighted by atomic mass is 35.5. The van der Waals surface area contributed by atoms with Gasteiger partial charge in [-0.2, -0.15) is 0 Å². The quantitative estimate of drug-likeness (QED) is 0.806. The van der Waals surface area contributed by atoms with E-state index < -0.39 is 0 Å². The van der Waals surface area contributed by atoms with Gasteiger partial charge in [0.25, 0.3) is 0 Å². The van der Waals surface area contributed by atoms with Gasteiger partial charge in [-0.3, -0.25) is 9.69 Å². The van der Waals surface area contributed by atoms with E-state index in [1.165, 1.54) is 0 Å². The number of hydrogen-bond donors (Lipinski definition) is 1. The molecule has 1 amide bonds. The minimum Gasteiger partial charge on any atom is -0.494 e. The van der Waals surface area contributed by atoms with Crippen LogP contribution in [0.25, 0.3) is 0 Å². The highest BCUT2D eigenvalue weighted by Crippen LogP contribution is 2.23. The first-order chi connectivity index (χ1) is 12.7. The fourth-order valence-electron chi connectivity index (χ4n) is 3.33. The molecule has 1 heterocycles. The molecule has 1 N–H and O–H groups in total. The molecule has 0 spiro atoms. The summed E-state index contributed by atoms with van der Waals surface area (Å²) < 4.78 is 5.43. The second-order valence-corrected chi connectivity index (χ2v) is 7.02. The maximum atomic E-state index is 12.6. The lowest BCUT2D eigenvalue weighted by Gasteiger charge is -2.32. The molecule has 0 aromatic heterocycles. The van der Waals surface area contributed by atoms with E-state index in [4.69, 9.17) is 16.3 Å². The topological polar surface area (TPSA) is 41.6 Å². The first kappa shape index (κ1) is 18.7. The van der Waals surface area contributed by atoms with Crippen LogP contribution in [-0.2, 0) is 11.3 Å². The molecule has 1 atom stereocenters. The number of anilines is 1. The summed E-state index contributed by atoms with van der Waals surface area (Å²) in [6.07, 6.45) is 1.94. The monoisotopic (exact) mass is 372 g/mol. The van der Waals surface area contributed by atoms with Crippen LogP contribution in [-0.4, -0.2) is 30.5 Å². The number of carbonyl (C=O) groups is 1. The molecule has 2 aromatic carbocycles. The maximum absolute atomic E-state index is 12.6. The number of benzene rings is 2. The van der Waals surface area contributed by atoms with Gasteiger partial charge in [0.05, 0.1) is 12.5 Å². The zero-order valence-electron chi connectivity index (χ0n) is 15.1. The van der Waals surface area contributed by atoms with Crippen LogP contribution in [0.5, 0.6) is 5.75 Å². The molecule has 0 bridgehead atoms. The summed E-state index contributed by atoms with van der Waals surface area (Å²) in [5, 5.41) is 3.82. The van der Waals surface area contributed by atoms with Gasteiger partial charge in [0.1, 0.15) is 5.75 Å². The van der Waals surface area contributed by atoms with E-state index in [1.807, 2.05) is 55.5 Å². The Balaban J connectivity index is 1.56. The Kier molecular flexibility index (Phi) is 6.53. The number of nitrogens with zero attached hydrogens (tertiary/aromatic N) is 1. The highest BCUT2D eigenvalue weighted by molar-refractivity contribution is 6.31. The van der Waals surface area contributed by atoms with Gasteiger partial charge in [0.15, 0.2) is 0 Å². The van der Waals surface area contributed by atoms with Crippen LogP contribution < -0.4 is 10.1 Å². The lowest BCUT2D eigenvalue weighted by Crippen LogP contribution is -2.40. The van der Waals surface area contributed by atoms with Crippen LogP contribution in [0.1, 0.15) is 25.3 Å². The second kappa shape index (κ2) is 9.06. The number of rotatable bonds is 6. The molecule has 1 aliphatic heterocycles. The Morgan fingerprint density at radius 1 is 1.23 bits per heavy atom. The molecule has 0 radical (unpaired) electrons. The SMILES string of the molecule is CCOc1ccc(NC(=O)[C@H]2CCCN(Cc3ccccc3Cl)C2)cc1. The summed E-state index contributed by atoms with van der Waals surface area (Å²) in [7, 11) is 0. The molecule has 138 valence electrons. The molecular formula is C21H25ClN2O2. The number of nitrogens with one attached hydrogen (secondary N) is 1. The Hall–Kier alpha value is -2.04. The Morgan fingerprint density at radius 3 is 2.73 bits per heavy atom. The van der Waals surface area contributed by atoms with Crippen LogP contribution in [0.3, 0.4) is 0 Å². The second-order valence-electron chi connectivity index (χ2n) is 6.61. The van der Waals surface area contributed by atoms with Crippen molar-refractivity contribution in [1.82, 2.24) is 4.90 Å². The van der Waals surface area contributed by atoms with Crippen LogP contribution in [0.2, 0.25) is 5.02 Å². The fourth-order valence-corrected chi connectivity index (χ4v) is 3.52. The van der Waals surface area contributed by atoms with Crippen molar-refractivity contribution < 1.29 is 9.53 Å². The normalized spacial score (nSPS) is 17.7. The maximum Gasteiger partial charge on any atom is 0.228 e. The molecule has 1 fully saturated rings. The Bertz CT molecular complexity index is 733. The third-order valence-corrected chi connectivity index (χ3v) is 5.03. The summed E-state index contributed by atoms with van der Waals surface area (Å²) in [5.74, 6) is 0.893. The molecule has 2 aromatic rings. The minimum absolute atomic E-state index is 0.00203. The summed E-state index contributed by atoms with van der Waals surface area (Å²) in [6, 6.07) is 15.4. The van der Waals surface area contributed by atoms with E-state index in [0.717, 1.165) is 54.5 Å². The number of carbonyl (C=O) groups excluding carboxylic acids is 1. The van der Waals surface area contributed by atoms with Gasteiger partial charge in [0.2, 0.25) is 5.91 Å². The van der Waals surface area contributed by atoms with Gasteiger partial charge in [-0.1, -0.05) is 29.8 Å². The molecule has 0 saturated carbocycles. The zero-order chi connectivity index (χ0) is 18.4. The molecule has 3 rings (SSSR count). The van der Waals surface area contributed by atoms with Gasteiger partial charge < -0.3 is 10.1 Å².